The molecule has 1 aliphatic heterocycles. The molecule has 0 saturated carbocycles. The first-order valence-corrected chi connectivity index (χ1v) is 6.51. The molecular weight excluding hydrogens is 226 g/mol. The Bertz CT molecular complexity index is 555. The van der Waals surface area contributed by atoms with Gasteiger partial charge in [0, 0.05) is 24.9 Å². The van der Waals surface area contributed by atoms with Crippen LogP contribution in [0.4, 0.5) is 0 Å². The number of piperidine rings is 1. The van der Waals surface area contributed by atoms with Gasteiger partial charge in [-0.25, -0.2) is 0 Å². The molecule has 1 fully saturated rings. The summed E-state index contributed by atoms with van der Waals surface area (Å²) in [6.45, 7) is 2.16. The van der Waals surface area contributed by atoms with Gasteiger partial charge in [0.25, 0.3) is 0 Å². The summed E-state index contributed by atoms with van der Waals surface area (Å²) in [5.41, 5.74) is 2.38. The summed E-state index contributed by atoms with van der Waals surface area (Å²) in [5, 5.41) is 9.39. The number of hydrogen-bond acceptors (Lipinski definition) is 3. The standard InChI is InChI=1S/C14H19N3O/c1-17-13-6-5-11(18-2)8-12(13)14(16-17)10-4-3-7-15-9-10/h5-6,8,10,15H,3-4,7,9H2,1-2H3. The minimum Gasteiger partial charge on any atom is -0.497 e. The molecule has 1 atom stereocenters. The fraction of sp³-hybridized carbons (Fsp3) is 0.500. The Morgan fingerprint density at radius 1 is 1.44 bits per heavy atom. The zero-order chi connectivity index (χ0) is 12.5. The molecule has 1 aromatic heterocycles. The van der Waals surface area contributed by atoms with Gasteiger partial charge in [-0.05, 0) is 37.6 Å². The van der Waals surface area contributed by atoms with Gasteiger partial charge < -0.3 is 10.1 Å². The van der Waals surface area contributed by atoms with Gasteiger partial charge in [-0.1, -0.05) is 0 Å². The number of hydrogen-bond donors (Lipinski definition) is 1. The monoisotopic (exact) mass is 245 g/mol. The van der Waals surface area contributed by atoms with Crippen molar-refractivity contribution in [3.05, 3.63) is 23.9 Å². The number of aromatic nitrogens is 2. The van der Waals surface area contributed by atoms with Gasteiger partial charge in [0.05, 0.1) is 18.3 Å². The number of ether oxygens (including phenoxy) is 1. The molecule has 3 rings (SSSR count). The van der Waals surface area contributed by atoms with Crippen molar-refractivity contribution in [2.24, 2.45) is 7.05 Å². The van der Waals surface area contributed by atoms with Crippen LogP contribution in [-0.2, 0) is 7.05 Å². The van der Waals surface area contributed by atoms with Crippen molar-refractivity contribution >= 4 is 10.9 Å². The third-order valence-electron chi connectivity index (χ3n) is 3.77. The maximum absolute atomic E-state index is 5.32. The van der Waals surface area contributed by atoms with Crippen LogP contribution in [0.5, 0.6) is 5.75 Å². The summed E-state index contributed by atoms with van der Waals surface area (Å²) in [5.74, 6) is 1.43. The fourth-order valence-corrected chi connectivity index (χ4v) is 2.79. The van der Waals surface area contributed by atoms with Gasteiger partial charge in [-0.2, -0.15) is 5.10 Å². The first kappa shape index (κ1) is 11.5. The third kappa shape index (κ3) is 1.86. The maximum atomic E-state index is 5.32. The summed E-state index contributed by atoms with van der Waals surface area (Å²) in [6.07, 6.45) is 2.45. The van der Waals surface area contributed by atoms with Crippen molar-refractivity contribution < 1.29 is 4.74 Å². The third-order valence-corrected chi connectivity index (χ3v) is 3.77. The maximum Gasteiger partial charge on any atom is 0.119 e. The largest absolute Gasteiger partial charge is 0.497 e. The molecule has 96 valence electrons. The van der Waals surface area contributed by atoms with Crippen LogP contribution < -0.4 is 10.1 Å². The molecule has 1 aliphatic rings. The number of fused-ring (bicyclic) bond motifs is 1. The SMILES string of the molecule is COc1ccc2c(c1)c(C1CCCNC1)nn2C. The van der Waals surface area contributed by atoms with Crippen molar-refractivity contribution in [1.29, 1.82) is 0 Å². The molecule has 4 nitrogen and oxygen atoms in total. The van der Waals surface area contributed by atoms with Crippen molar-refractivity contribution in [3.8, 4) is 5.75 Å². The average molecular weight is 245 g/mol. The van der Waals surface area contributed by atoms with E-state index in [1.807, 2.05) is 17.8 Å². The first-order chi connectivity index (χ1) is 8.79. The Labute approximate surface area is 107 Å². The highest BCUT2D eigenvalue weighted by molar-refractivity contribution is 5.84. The van der Waals surface area contributed by atoms with Crippen LogP contribution in [0.2, 0.25) is 0 Å². The van der Waals surface area contributed by atoms with E-state index in [0.717, 1.165) is 18.8 Å². The second-order valence-electron chi connectivity index (χ2n) is 4.94. The predicted octanol–water partition coefficient (Wildman–Crippen LogP) is 2.05. The van der Waals surface area contributed by atoms with E-state index in [2.05, 4.69) is 17.4 Å². The number of rotatable bonds is 2. The van der Waals surface area contributed by atoms with Gasteiger partial charge in [0.2, 0.25) is 0 Å². The Morgan fingerprint density at radius 3 is 3.06 bits per heavy atom. The highest BCUT2D eigenvalue weighted by Crippen LogP contribution is 2.31. The molecule has 4 heteroatoms. The van der Waals surface area contributed by atoms with Gasteiger partial charge in [-0.3, -0.25) is 4.68 Å². The second-order valence-corrected chi connectivity index (χ2v) is 4.94. The molecule has 2 aromatic rings. The number of methoxy groups -OCH3 is 1. The summed E-state index contributed by atoms with van der Waals surface area (Å²) in [7, 11) is 3.72. The van der Waals surface area contributed by atoms with Crippen LogP contribution >= 0.6 is 0 Å². The molecule has 0 radical (unpaired) electrons. The summed E-state index contributed by atoms with van der Waals surface area (Å²) in [6, 6.07) is 6.18. The van der Waals surface area contributed by atoms with E-state index in [0.29, 0.717) is 5.92 Å². The van der Waals surface area contributed by atoms with E-state index in [9.17, 15) is 0 Å². The van der Waals surface area contributed by atoms with E-state index in [1.54, 1.807) is 7.11 Å². The quantitative estimate of drug-likeness (QED) is 0.880. The van der Waals surface area contributed by atoms with Crippen LogP contribution in [0.1, 0.15) is 24.5 Å². The molecule has 2 heterocycles. The molecule has 1 N–H and O–H groups in total. The van der Waals surface area contributed by atoms with E-state index < -0.39 is 0 Å². The molecule has 1 aromatic carbocycles. The highest BCUT2D eigenvalue weighted by Gasteiger charge is 2.21. The van der Waals surface area contributed by atoms with Crippen molar-refractivity contribution in [2.75, 3.05) is 20.2 Å². The molecule has 0 bridgehead atoms. The molecule has 0 amide bonds. The second kappa shape index (κ2) is 4.61. The lowest BCUT2D eigenvalue weighted by Gasteiger charge is -2.21. The lowest BCUT2D eigenvalue weighted by Crippen LogP contribution is -2.28. The summed E-state index contributed by atoms with van der Waals surface area (Å²) < 4.78 is 7.29. The molecule has 0 spiro atoms. The van der Waals surface area contributed by atoms with Crippen LogP contribution in [0.15, 0.2) is 18.2 Å². The van der Waals surface area contributed by atoms with E-state index in [4.69, 9.17) is 9.84 Å². The molecule has 1 unspecified atom stereocenters. The average Bonchev–Trinajstić information content (AvgIpc) is 2.76. The van der Waals surface area contributed by atoms with Crippen LogP contribution in [0.25, 0.3) is 10.9 Å². The van der Waals surface area contributed by atoms with Gasteiger partial charge in [-0.15, -0.1) is 0 Å². The zero-order valence-electron chi connectivity index (χ0n) is 10.9. The van der Waals surface area contributed by atoms with Crippen molar-refractivity contribution in [3.63, 3.8) is 0 Å². The van der Waals surface area contributed by atoms with Crippen LogP contribution in [0.3, 0.4) is 0 Å². The summed E-state index contributed by atoms with van der Waals surface area (Å²) in [4.78, 5) is 0. The minimum atomic E-state index is 0.523. The Balaban J connectivity index is 2.09. The van der Waals surface area contributed by atoms with E-state index in [1.165, 1.54) is 29.4 Å². The molecule has 18 heavy (non-hydrogen) atoms. The lowest BCUT2D eigenvalue weighted by atomic mass is 9.94. The van der Waals surface area contributed by atoms with E-state index >= 15 is 0 Å². The minimum absolute atomic E-state index is 0.523. The number of aryl methyl sites for hydroxylation is 1. The predicted molar refractivity (Wildman–Crippen MR) is 72.1 cm³/mol. The lowest BCUT2D eigenvalue weighted by molar-refractivity contribution is 0.415. The van der Waals surface area contributed by atoms with Crippen LogP contribution in [-0.4, -0.2) is 30.0 Å². The van der Waals surface area contributed by atoms with Crippen LogP contribution in [0, 0.1) is 0 Å². The van der Waals surface area contributed by atoms with Crippen molar-refractivity contribution in [2.45, 2.75) is 18.8 Å². The smallest absolute Gasteiger partial charge is 0.119 e. The number of nitrogens with zero attached hydrogens (tertiary/aromatic N) is 2. The Hall–Kier alpha value is -1.55. The highest BCUT2D eigenvalue weighted by atomic mass is 16.5. The molecular formula is C14H19N3O. The van der Waals surface area contributed by atoms with E-state index in [-0.39, 0.29) is 0 Å². The number of benzene rings is 1. The zero-order valence-corrected chi connectivity index (χ0v) is 10.9. The normalized spacial score (nSPS) is 20.2. The van der Waals surface area contributed by atoms with Gasteiger partial charge in [0.1, 0.15) is 5.75 Å². The van der Waals surface area contributed by atoms with Crippen molar-refractivity contribution in [1.82, 2.24) is 15.1 Å². The molecule has 0 aliphatic carbocycles. The Morgan fingerprint density at radius 2 is 2.33 bits per heavy atom. The molecule has 1 saturated heterocycles. The fourth-order valence-electron chi connectivity index (χ4n) is 2.79. The van der Waals surface area contributed by atoms with Gasteiger partial charge >= 0.3 is 0 Å². The first-order valence-electron chi connectivity index (χ1n) is 6.51. The number of nitrogens with one attached hydrogen (secondary N) is 1. The summed E-state index contributed by atoms with van der Waals surface area (Å²) >= 11 is 0. The topological polar surface area (TPSA) is 39.1 Å². The Kier molecular flexibility index (Phi) is 2.96. The van der Waals surface area contributed by atoms with Gasteiger partial charge in [0.15, 0.2) is 0 Å².